The van der Waals surface area contributed by atoms with Crippen LogP contribution in [-0.2, 0) is 0 Å². The van der Waals surface area contributed by atoms with E-state index in [-0.39, 0.29) is 6.61 Å². The number of ether oxygens (including phenoxy) is 1. The summed E-state index contributed by atoms with van der Waals surface area (Å²) in [7, 11) is 0. The highest BCUT2D eigenvalue weighted by molar-refractivity contribution is 9.10. The summed E-state index contributed by atoms with van der Waals surface area (Å²) in [4.78, 5) is 2.14. The molecule has 0 aromatic heterocycles. The van der Waals surface area contributed by atoms with Gasteiger partial charge in [0.15, 0.2) is 17.4 Å². The van der Waals surface area contributed by atoms with Crippen molar-refractivity contribution in [3.8, 4) is 5.75 Å². The molecule has 0 amide bonds. The van der Waals surface area contributed by atoms with Crippen LogP contribution in [0.1, 0.15) is 19.3 Å². The van der Waals surface area contributed by atoms with Gasteiger partial charge in [0, 0.05) is 11.0 Å². The first-order valence-electron chi connectivity index (χ1n) is 6.74. The highest BCUT2D eigenvalue weighted by Crippen LogP contribution is 2.26. The Morgan fingerprint density at radius 1 is 1.20 bits per heavy atom. The van der Waals surface area contributed by atoms with Crippen LogP contribution in [0.25, 0.3) is 0 Å². The SMILES string of the molecule is O[C@@H](COc1c(F)cc(Br)cc1F)CN1CCCCC1. The maximum Gasteiger partial charge on any atom is 0.190 e. The average Bonchev–Trinajstić information content (AvgIpc) is 2.38. The second-order valence-electron chi connectivity index (χ2n) is 5.02. The fourth-order valence-corrected chi connectivity index (χ4v) is 2.74. The monoisotopic (exact) mass is 349 g/mol. The lowest BCUT2D eigenvalue weighted by molar-refractivity contribution is 0.0590. The lowest BCUT2D eigenvalue weighted by atomic mass is 10.1. The number of halogens is 3. The van der Waals surface area contributed by atoms with Crippen LogP contribution in [0.5, 0.6) is 5.75 Å². The number of hydrogen-bond donors (Lipinski definition) is 1. The molecule has 1 aromatic carbocycles. The van der Waals surface area contributed by atoms with Gasteiger partial charge in [-0.1, -0.05) is 22.4 Å². The van der Waals surface area contributed by atoms with Gasteiger partial charge in [0.1, 0.15) is 12.7 Å². The fourth-order valence-electron chi connectivity index (χ4n) is 2.34. The molecule has 1 aliphatic rings. The summed E-state index contributed by atoms with van der Waals surface area (Å²) in [6.07, 6.45) is 2.72. The van der Waals surface area contributed by atoms with Gasteiger partial charge in [-0.3, -0.25) is 0 Å². The molecule has 20 heavy (non-hydrogen) atoms. The Kier molecular flexibility index (Phi) is 5.74. The van der Waals surface area contributed by atoms with Gasteiger partial charge in [-0.2, -0.15) is 0 Å². The normalized spacial score (nSPS) is 18.0. The molecule has 1 heterocycles. The molecule has 2 rings (SSSR count). The lowest BCUT2D eigenvalue weighted by Gasteiger charge is -2.28. The molecular formula is C14H18BrF2NO2. The van der Waals surface area contributed by atoms with Crippen molar-refractivity contribution in [1.29, 1.82) is 0 Å². The Hall–Kier alpha value is -0.720. The van der Waals surface area contributed by atoms with E-state index in [0.717, 1.165) is 38.1 Å². The minimum Gasteiger partial charge on any atom is -0.485 e. The summed E-state index contributed by atoms with van der Waals surface area (Å²) in [6.45, 7) is 2.27. The number of benzene rings is 1. The quantitative estimate of drug-likeness (QED) is 0.886. The maximum atomic E-state index is 13.5. The molecule has 0 bridgehead atoms. The predicted octanol–water partition coefficient (Wildman–Crippen LogP) is 2.95. The van der Waals surface area contributed by atoms with Crippen molar-refractivity contribution in [2.75, 3.05) is 26.2 Å². The molecule has 1 N–H and O–H groups in total. The lowest BCUT2D eigenvalue weighted by Crippen LogP contribution is -2.38. The molecule has 0 unspecified atom stereocenters. The molecule has 1 atom stereocenters. The van der Waals surface area contributed by atoms with E-state index in [0.29, 0.717) is 11.0 Å². The Labute approximate surface area is 125 Å². The molecule has 0 radical (unpaired) electrons. The Balaban J connectivity index is 1.85. The number of aliphatic hydroxyl groups excluding tert-OH is 1. The standard InChI is InChI=1S/C14H18BrF2NO2/c15-10-6-12(16)14(13(17)7-10)20-9-11(19)8-18-4-2-1-3-5-18/h6-7,11,19H,1-5,8-9H2/t11-/m1/s1. The fraction of sp³-hybridized carbons (Fsp3) is 0.571. The summed E-state index contributed by atoms with van der Waals surface area (Å²) in [5, 5.41) is 9.88. The van der Waals surface area contributed by atoms with Gasteiger partial charge < -0.3 is 14.7 Å². The van der Waals surface area contributed by atoms with Gasteiger partial charge in [0.2, 0.25) is 0 Å². The molecule has 1 fully saturated rings. The van der Waals surface area contributed by atoms with E-state index in [1.165, 1.54) is 6.42 Å². The number of aliphatic hydroxyl groups is 1. The number of likely N-dealkylation sites (tertiary alicyclic amines) is 1. The minimum atomic E-state index is -0.776. The van der Waals surface area contributed by atoms with E-state index in [1.807, 2.05) is 0 Å². The minimum absolute atomic E-state index is 0.119. The first-order valence-corrected chi connectivity index (χ1v) is 7.53. The number of rotatable bonds is 5. The third-order valence-electron chi connectivity index (χ3n) is 3.30. The van der Waals surface area contributed by atoms with E-state index in [1.54, 1.807) is 0 Å². The molecule has 1 aromatic rings. The van der Waals surface area contributed by atoms with Crippen LogP contribution in [-0.4, -0.2) is 42.4 Å². The largest absolute Gasteiger partial charge is 0.485 e. The third-order valence-corrected chi connectivity index (χ3v) is 3.76. The zero-order valence-electron chi connectivity index (χ0n) is 11.1. The van der Waals surface area contributed by atoms with Gasteiger partial charge in [0.05, 0.1) is 0 Å². The van der Waals surface area contributed by atoms with Crippen LogP contribution in [0.15, 0.2) is 16.6 Å². The highest BCUT2D eigenvalue weighted by atomic mass is 79.9. The van der Waals surface area contributed by atoms with Crippen molar-refractivity contribution in [1.82, 2.24) is 4.90 Å². The topological polar surface area (TPSA) is 32.7 Å². The average molecular weight is 350 g/mol. The van der Waals surface area contributed by atoms with Crippen LogP contribution in [0.2, 0.25) is 0 Å². The summed E-state index contributed by atoms with van der Waals surface area (Å²) >= 11 is 3.00. The molecule has 0 aliphatic carbocycles. The van der Waals surface area contributed by atoms with Gasteiger partial charge in [-0.05, 0) is 38.1 Å². The molecule has 1 saturated heterocycles. The first-order chi connectivity index (χ1) is 9.56. The van der Waals surface area contributed by atoms with Gasteiger partial charge in [0.25, 0.3) is 0 Å². The number of β-amino-alcohol motifs (C(OH)–C–C–N with tert-alkyl or cyclic N) is 1. The molecule has 112 valence electrons. The number of nitrogens with zero attached hydrogens (tertiary/aromatic N) is 1. The van der Waals surface area contributed by atoms with E-state index in [4.69, 9.17) is 4.74 Å². The van der Waals surface area contributed by atoms with E-state index >= 15 is 0 Å². The van der Waals surface area contributed by atoms with Crippen LogP contribution >= 0.6 is 15.9 Å². The molecule has 3 nitrogen and oxygen atoms in total. The molecule has 0 saturated carbocycles. The van der Waals surface area contributed by atoms with E-state index < -0.39 is 23.5 Å². The molecule has 1 aliphatic heterocycles. The molecular weight excluding hydrogens is 332 g/mol. The van der Waals surface area contributed by atoms with Crippen molar-refractivity contribution < 1.29 is 18.6 Å². The first kappa shape index (κ1) is 15.7. The van der Waals surface area contributed by atoms with Crippen molar-refractivity contribution in [2.45, 2.75) is 25.4 Å². The van der Waals surface area contributed by atoms with Crippen molar-refractivity contribution in [2.24, 2.45) is 0 Å². The summed E-state index contributed by atoms with van der Waals surface area (Å²) in [5.74, 6) is -1.99. The maximum absolute atomic E-state index is 13.5. The van der Waals surface area contributed by atoms with Crippen LogP contribution < -0.4 is 4.74 Å². The van der Waals surface area contributed by atoms with Crippen molar-refractivity contribution >= 4 is 15.9 Å². The van der Waals surface area contributed by atoms with E-state index in [2.05, 4.69) is 20.8 Å². The van der Waals surface area contributed by atoms with Crippen LogP contribution in [0.4, 0.5) is 8.78 Å². The van der Waals surface area contributed by atoms with Gasteiger partial charge in [-0.15, -0.1) is 0 Å². The Morgan fingerprint density at radius 2 is 1.80 bits per heavy atom. The van der Waals surface area contributed by atoms with Crippen LogP contribution in [0.3, 0.4) is 0 Å². The summed E-state index contributed by atoms with van der Waals surface area (Å²) < 4.78 is 32.5. The second kappa shape index (κ2) is 7.33. The van der Waals surface area contributed by atoms with Gasteiger partial charge in [-0.25, -0.2) is 8.78 Å². The van der Waals surface area contributed by atoms with Crippen molar-refractivity contribution in [3.05, 3.63) is 28.2 Å². The predicted molar refractivity (Wildman–Crippen MR) is 75.9 cm³/mol. The number of hydrogen-bond acceptors (Lipinski definition) is 3. The van der Waals surface area contributed by atoms with E-state index in [9.17, 15) is 13.9 Å². The van der Waals surface area contributed by atoms with Crippen molar-refractivity contribution in [3.63, 3.8) is 0 Å². The highest BCUT2D eigenvalue weighted by Gasteiger charge is 2.17. The summed E-state index contributed by atoms with van der Waals surface area (Å²) in [5.41, 5.74) is 0. The zero-order valence-corrected chi connectivity index (χ0v) is 12.7. The Bertz CT molecular complexity index is 430. The Morgan fingerprint density at radius 3 is 2.40 bits per heavy atom. The molecule has 0 spiro atoms. The molecule has 6 heteroatoms. The van der Waals surface area contributed by atoms with Gasteiger partial charge >= 0.3 is 0 Å². The third kappa shape index (κ3) is 4.40. The zero-order chi connectivity index (χ0) is 14.5. The summed E-state index contributed by atoms with van der Waals surface area (Å²) in [6, 6.07) is 2.27. The second-order valence-corrected chi connectivity index (χ2v) is 5.94. The number of piperidine rings is 1. The smallest absolute Gasteiger partial charge is 0.190 e. The van der Waals surface area contributed by atoms with Crippen LogP contribution in [0, 0.1) is 11.6 Å².